The van der Waals surface area contributed by atoms with Crippen LogP contribution in [0.4, 0.5) is 4.79 Å². The predicted octanol–water partition coefficient (Wildman–Crippen LogP) is 2.31. The van der Waals surface area contributed by atoms with Gasteiger partial charge >= 0.3 is 12.0 Å². The van der Waals surface area contributed by atoms with E-state index in [1.165, 1.54) is 0 Å². The van der Waals surface area contributed by atoms with Gasteiger partial charge < -0.3 is 19.7 Å². The summed E-state index contributed by atoms with van der Waals surface area (Å²) in [5.41, 5.74) is 2.68. The van der Waals surface area contributed by atoms with Crippen molar-refractivity contribution in [2.24, 2.45) is 0 Å². The molecule has 0 saturated heterocycles. The lowest BCUT2D eigenvalue weighted by atomic mass is 10.1. The van der Waals surface area contributed by atoms with E-state index >= 15 is 0 Å². The van der Waals surface area contributed by atoms with Crippen LogP contribution in [0.15, 0.2) is 36.9 Å². The van der Waals surface area contributed by atoms with Gasteiger partial charge in [0, 0.05) is 25.1 Å². The van der Waals surface area contributed by atoms with Gasteiger partial charge in [-0.25, -0.2) is 14.3 Å². The van der Waals surface area contributed by atoms with Crippen LogP contribution in [0.25, 0.3) is 5.69 Å². The lowest BCUT2D eigenvalue weighted by Gasteiger charge is -2.27. The minimum atomic E-state index is -0.487. The van der Waals surface area contributed by atoms with Gasteiger partial charge in [0.15, 0.2) is 5.69 Å². The molecule has 0 aliphatic carbocycles. The highest BCUT2D eigenvalue weighted by atomic mass is 16.5. The molecule has 2 aromatic rings. The van der Waals surface area contributed by atoms with Crippen molar-refractivity contribution >= 4 is 12.0 Å². The van der Waals surface area contributed by atoms with Gasteiger partial charge in [-0.15, -0.1) is 6.58 Å². The number of amides is 2. The summed E-state index contributed by atoms with van der Waals surface area (Å²) in [6, 6.07) is 7.24. The molecule has 0 saturated carbocycles. The van der Waals surface area contributed by atoms with Crippen LogP contribution in [-0.2, 0) is 17.7 Å². The first kappa shape index (κ1) is 19.5. The molecule has 1 aromatic heterocycles. The largest absolute Gasteiger partial charge is 0.497 e. The average Bonchev–Trinajstić information content (AvgIpc) is 3.11. The Hall–Kier alpha value is -3.29. The molecule has 2 amide bonds. The van der Waals surface area contributed by atoms with E-state index < -0.39 is 5.97 Å². The van der Waals surface area contributed by atoms with Gasteiger partial charge in [-0.05, 0) is 31.2 Å². The molecule has 28 heavy (non-hydrogen) atoms. The second kappa shape index (κ2) is 8.60. The predicted molar refractivity (Wildman–Crippen MR) is 104 cm³/mol. The van der Waals surface area contributed by atoms with Gasteiger partial charge in [0.2, 0.25) is 0 Å². The van der Waals surface area contributed by atoms with Gasteiger partial charge in [-0.1, -0.05) is 6.08 Å². The number of ether oxygens (including phenoxy) is 2. The molecule has 2 heterocycles. The molecule has 0 spiro atoms. The molecule has 0 unspecified atom stereocenters. The maximum absolute atomic E-state index is 12.5. The number of carbonyl (C=O) groups excluding carboxylic acids is 2. The summed E-state index contributed by atoms with van der Waals surface area (Å²) in [5.74, 6) is 0.250. The number of esters is 1. The highest BCUT2D eigenvalue weighted by molar-refractivity contribution is 5.89. The van der Waals surface area contributed by atoms with E-state index in [0.29, 0.717) is 31.6 Å². The second-order valence-electron chi connectivity index (χ2n) is 6.25. The maximum atomic E-state index is 12.5. The molecule has 148 valence electrons. The van der Waals surface area contributed by atoms with Crippen LogP contribution in [-0.4, -0.2) is 53.5 Å². The first-order valence-corrected chi connectivity index (χ1v) is 9.15. The summed E-state index contributed by atoms with van der Waals surface area (Å²) in [5, 5.41) is 7.29. The Kier molecular flexibility index (Phi) is 5.98. The van der Waals surface area contributed by atoms with Crippen LogP contribution in [0, 0.1) is 0 Å². The maximum Gasteiger partial charge on any atom is 0.359 e. The van der Waals surface area contributed by atoms with Crippen molar-refractivity contribution in [3.8, 4) is 11.4 Å². The number of urea groups is 1. The van der Waals surface area contributed by atoms with Crippen LogP contribution >= 0.6 is 0 Å². The Morgan fingerprint density at radius 2 is 2.07 bits per heavy atom. The van der Waals surface area contributed by atoms with Crippen molar-refractivity contribution in [2.45, 2.75) is 19.9 Å². The van der Waals surface area contributed by atoms with E-state index in [4.69, 9.17) is 9.47 Å². The van der Waals surface area contributed by atoms with E-state index in [0.717, 1.165) is 17.1 Å². The van der Waals surface area contributed by atoms with Crippen LogP contribution < -0.4 is 10.1 Å². The molecule has 0 fully saturated rings. The topological polar surface area (TPSA) is 85.7 Å². The molecule has 8 heteroatoms. The fraction of sp³-hybridized carbons (Fsp3) is 0.350. The normalized spacial score (nSPS) is 12.9. The lowest BCUT2D eigenvalue weighted by molar-refractivity contribution is 0.0516. The standard InChI is InChI=1S/C20H24N4O4/c1-4-11-21-20(26)23-12-10-17-16(13-23)18(19(25)28-5-2)22-24(17)14-6-8-15(27-3)9-7-14/h4,6-9H,1,5,10-13H2,2-3H3,(H,21,26). The molecule has 0 atom stereocenters. The fourth-order valence-corrected chi connectivity index (χ4v) is 3.16. The van der Waals surface area contributed by atoms with Crippen molar-refractivity contribution in [3.05, 3.63) is 53.9 Å². The SMILES string of the molecule is C=CCNC(=O)N1CCc2c(c(C(=O)OCC)nn2-c2ccc(OC)cc2)C1. The van der Waals surface area contributed by atoms with Crippen molar-refractivity contribution in [2.75, 3.05) is 26.8 Å². The smallest absolute Gasteiger partial charge is 0.359 e. The van der Waals surface area contributed by atoms with Gasteiger partial charge in [0.25, 0.3) is 0 Å². The molecular formula is C20H24N4O4. The number of rotatable bonds is 6. The quantitative estimate of drug-likeness (QED) is 0.610. The number of nitrogens with zero attached hydrogens (tertiary/aromatic N) is 3. The molecule has 1 aliphatic rings. The molecule has 1 N–H and O–H groups in total. The molecule has 0 bridgehead atoms. The average molecular weight is 384 g/mol. The first-order valence-electron chi connectivity index (χ1n) is 9.15. The number of nitrogens with one attached hydrogen (secondary N) is 1. The van der Waals surface area contributed by atoms with Gasteiger partial charge in [0.05, 0.1) is 31.6 Å². The Bertz CT molecular complexity index is 873. The summed E-state index contributed by atoms with van der Waals surface area (Å²) >= 11 is 0. The Balaban J connectivity index is 1.97. The van der Waals surface area contributed by atoms with E-state index in [9.17, 15) is 9.59 Å². The van der Waals surface area contributed by atoms with E-state index in [2.05, 4.69) is 17.0 Å². The van der Waals surface area contributed by atoms with E-state index in [1.807, 2.05) is 24.3 Å². The molecule has 8 nitrogen and oxygen atoms in total. The Morgan fingerprint density at radius 1 is 1.32 bits per heavy atom. The molecule has 1 aliphatic heterocycles. The molecular weight excluding hydrogens is 360 g/mol. The fourth-order valence-electron chi connectivity index (χ4n) is 3.16. The van der Waals surface area contributed by atoms with Crippen molar-refractivity contribution in [3.63, 3.8) is 0 Å². The zero-order valence-electron chi connectivity index (χ0n) is 16.1. The molecule has 1 aromatic carbocycles. The summed E-state index contributed by atoms with van der Waals surface area (Å²) in [6.07, 6.45) is 2.20. The first-order chi connectivity index (χ1) is 13.6. The minimum Gasteiger partial charge on any atom is -0.497 e. The number of carbonyl (C=O) groups is 2. The second-order valence-corrected chi connectivity index (χ2v) is 6.25. The van der Waals surface area contributed by atoms with Gasteiger partial charge in [-0.3, -0.25) is 0 Å². The van der Waals surface area contributed by atoms with Crippen molar-refractivity contribution in [1.29, 1.82) is 0 Å². The number of methoxy groups -OCH3 is 1. The number of fused-ring (bicyclic) bond motifs is 1. The molecule has 0 radical (unpaired) electrons. The van der Waals surface area contributed by atoms with Crippen molar-refractivity contribution in [1.82, 2.24) is 20.0 Å². The van der Waals surface area contributed by atoms with Crippen LogP contribution in [0.5, 0.6) is 5.75 Å². The summed E-state index contributed by atoms with van der Waals surface area (Å²) in [6.45, 7) is 6.82. The van der Waals surface area contributed by atoms with Crippen LogP contribution in [0.2, 0.25) is 0 Å². The zero-order chi connectivity index (χ0) is 20.1. The van der Waals surface area contributed by atoms with Gasteiger partial charge in [-0.2, -0.15) is 5.10 Å². The third kappa shape index (κ3) is 3.85. The van der Waals surface area contributed by atoms with E-state index in [-0.39, 0.29) is 18.3 Å². The Morgan fingerprint density at radius 3 is 2.71 bits per heavy atom. The molecule has 3 rings (SSSR count). The van der Waals surface area contributed by atoms with Gasteiger partial charge in [0.1, 0.15) is 5.75 Å². The highest BCUT2D eigenvalue weighted by Gasteiger charge is 2.31. The monoisotopic (exact) mass is 384 g/mol. The van der Waals surface area contributed by atoms with Crippen LogP contribution in [0.1, 0.15) is 28.7 Å². The van der Waals surface area contributed by atoms with E-state index in [1.54, 1.807) is 29.7 Å². The highest BCUT2D eigenvalue weighted by Crippen LogP contribution is 2.27. The minimum absolute atomic E-state index is 0.197. The number of aromatic nitrogens is 2. The van der Waals surface area contributed by atoms with Crippen LogP contribution in [0.3, 0.4) is 0 Å². The third-order valence-electron chi connectivity index (χ3n) is 4.53. The summed E-state index contributed by atoms with van der Waals surface area (Å²) < 4.78 is 12.1. The summed E-state index contributed by atoms with van der Waals surface area (Å²) in [4.78, 5) is 26.5. The lowest BCUT2D eigenvalue weighted by Crippen LogP contribution is -2.43. The summed E-state index contributed by atoms with van der Waals surface area (Å²) in [7, 11) is 1.61. The third-order valence-corrected chi connectivity index (χ3v) is 4.53. The number of hydrogen-bond donors (Lipinski definition) is 1. The van der Waals surface area contributed by atoms with Crippen molar-refractivity contribution < 1.29 is 19.1 Å². The number of benzene rings is 1. The zero-order valence-corrected chi connectivity index (χ0v) is 16.1. The number of hydrogen-bond acceptors (Lipinski definition) is 5. The Labute approximate surface area is 163 Å².